The Morgan fingerprint density at radius 1 is 1.26 bits per heavy atom. The molecule has 0 atom stereocenters. The summed E-state index contributed by atoms with van der Waals surface area (Å²) in [4.78, 5) is 5.86. The fourth-order valence-electron chi connectivity index (χ4n) is 1.88. The van der Waals surface area contributed by atoms with Gasteiger partial charge in [-0.15, -0.1) is 11.3 Å². The second-order valence-electron chi connectivity index (χ2n) is 4.80. The maximum Gasteiger partial charge on any atom is 0.213 e. The Hall–Kier alpha value is -1.39. The lowest BCUT2D eigenvalue weighted by Crippen LogP contribution is -2.16. The first-order chi connectivity index (χ1) is 9.40. The van der Waals surface area contributed by atoms with Crippen LogP contribution in [0, 0.1) is 0 Å². The van der Waals surface area contributed by atoms with E-state index >= 15 is 0 Å². The fraction of sp³-hybridized carbons (Fsp3) is 0.400. The Bertz CT molecular complexity index is 509. The van der Waals surface area contributed by atoms with Crippen LogP contribution in [0.4, 0.5) is 0 Å². The summed E-state index contributed by atoms with van der Waals surface area (Å²) in [5.41, 5.74) is 1.06. The number of aromatic nitrogens is 1. The summed E-state index contributed by atoms with van der Waals surface area (Å²) in [6.45, 7) is 1.53. The van der Waals surface area contributed by atoms with Gasteiger partial charge in [-0.25, -0.2) is 4.98 Å². The molecule has 0 bridgehead atoms. The van der Waals surface area contributed by atoms with Crippen LogP contribution < -0.4 is 10.1 Å². The number of rotatable bonds is 7. The Morgan fingerprint density at radius 3 is 3.00 bits per heavy atom. The number of hydrogen-bond donors (Lipinski definition) is 1. The van der Waals surface area contributed by atoms with Crippen LogP contribution in [-0.4, -0.2) is 17.6 Å². The van der Waals surface area contributed by atoms with E-state index in [0.29, 0.717) is 12.6 Å². The molecule has 0 radical (unpaired) electrons. The van der Waals surface area contributed by atoms with E-state index in [1.807, 2.05) is 18.2 Å². The van der Waals surface area contributed by atoms with Crippen LogP contribution in [0.5, 0.6) is 5.88 Å². The van der Waals surface area contributed by atoms with E-state index in [9.17, 15) is 0 Å². The van der Waals surface area contributed by atoms with Gasteiger partial charge in [0.25, 0.3) is 0 Å². The molecule has 19 heavy (non-hydrogen) atoms. The van der Waals surface area contributed by atoms with Gasteiger partial charge in [0.15, 0.2) is 0 Å². The van der Waals surface area contributed by atoms with Gasteiger partial charge in [0.05, 0.1) is 12.3 Å². The minimum atomic E-state index is 0.688. The highest BCUT2D eigenvalue weighted by Gasteiger charge is 2.20. The number of hydrogen-bond acceptors (Lipinski definition) is 4. The van der Waals surface area contributed by atoms with Crippen LogP contribution in [0.15, 0.2) is 35.7 Å². The van der Waals surface area contributed by atoms with Crippen LogP contribution in [0.2, 0.25) is 0 Å². The third-order valence-electron chi connectivity index (χ3n) is 3.11. The molecule has 0 amide bonds. The van der Waals surface area contributed by atoms with Crippen molar-refractivity contribution < 1.29 is 4.74 Å². The second-order valence-corrected chi connectivity index (χ2v) is 5.83. The largest absolute Gasteiger partial charge is 0.477 e. The molecule has 1 aliphatic rings. The highest BCUT2D eigenvalue weighted by atomic mass is 32.1. The molecule has 0 aromatic carbocycles. The van der Waals surface area contributed by atoms with Gasteiger partial charge in [-0.1, -0.05) is 12.1 Å². The molecule has 1 saturated carbocycles. The SMILES string of the molecule is c1cc(CNC2CC2)nc(OCCc2cccs2)c1. The lowest BCUT2D eigenvalue weighted by atomic mass is 10.3. The summed E-state index contributed by atoms with van der Waals surface area (Å²) < 4.78 is 5.71. The third-order valence-corrected chi connectivity index (χ3v) is 4.05. The van der Waals surface area contributed by atoms with Gasteiger partial charge in [-0.2, -0.15) is 0 Å². The minimum Gasteiger partial charge on any atom is -0.477 e. The molecule has 4 heteroatoms. The highest BCUT2D eigenvalue weighted by Crippen LogP contribution is 2.19. The number of nitrogens with one attached hydrogen (secondary N) is 1. The summed E-state index contributed by atoms with van der Waals surface area (Å²) in [6, 6.07) is 10.9. The molecule has 0 saturated heterocycles. The van der Waals surface area contributed by atoms with Gasteiger partial charge < -0.3 is 10.1 Å². The van der Waals surface area contributed by atoms with Crippen molar-refractivity contribution in [2.24, 2.45) is 0 Å². The Morgan fingerprint density at radius 2 is 2.21 bits per heavy atom. The zero-order chi connectivity index (χ0) is 12.9. The molecule has 3 nitrogen and oxygen atoms in total. The molecule has 1 N–H and O–H groups in total. The summed E-state index contributed by atoms with van der Waals surface area (Å²) in [5.74, 6) is 0.728. The van der Waals surface area contributed by atoms with Crippen molar-refractivity contribution in [1.29, 1.82) is 0 Å². The predicted molar refractivity (Wildman–Crippen MR) is 77.6 cm³/mol. The van der Waals surface area contributed by atoms with Gasteiger partial charge in [-0.3, -0.25) is 0 Å². The summed E-state index contributed by atoms with van der Waals surface area (Å²) in [7, 11) is 0. The van der Waals surface area contributed by atoms with Crippen LogP contribution in [0.3, 0.4) is 0 Å². The minimum absolute atomic E-state index is 0.688. The Kier molecular flexibility index (Phi) is 4.10. The number of thiophene rings is 1. The van der Waals surface area contributed by atoms with Crippen molar-refractivity contribution in [1.82, 2.24) is 10.3 Å². The number of nitrogens with zero attached hydrogens (tertiary/aromatic N) is 1. The molecule has 2 heterocycles. The second kappa shape index (κ2) is 6.17. The van der Waals surface area contributed by atoms with Crippen LogP contribution in [0.1, 0.15) is 23.4 Å². The van der Waals surface area contributed by atoms with Gasteiger partial charge >= 0.3 is 0 Å². The van der Waals surface area contributed by atoms with Crippen molar-refractivity contribution in [2.75, 3.05) is 6.61 Å². The molecule has 1 fully saturated rings. The van der Waals surface area contributed by atoms with Crippen molar-refractivity contribution in [2.45, 2.75) is 31.8 Å². The van der Waals surface area contributed by atoms with Crippen molar-refractivity contribution >= 4 is 11.3 Å². The normalized spacial score (nSPS) is 14.5. The first kappa shape index (κ1) is 12.6. The van der Waals surface area contributed by atoms with Crippen molar-refractivity contribution in [3.05, 3.63) is 46.3 Å². The van der Waals surface area contributed by atoms with Crippen LogP contribution in [0.25, 0.3) is 0 Å². The van der Waals surface area contributed by atoms with Gasteiger partial charge in [-0.05, 0) is 30.4 Å². The van der Waals surface area contributed by atoms with Crippen molar-refractivity contribution in [3.8, 4) is 5.88 Å². The number of ether oxygens (including phenoxy) is 1. The van der Waals surface area contributed by atoms with Gasteiger partial charge in [0, 0.05) is 30.0 Å². The fourth-order valence-corrected chi connectivity index (χ4v) is 2.57. The molecule has 1 aliphatic carbocycles. The van der Waals surface area contributed by atoms with Crippen LogP contribution >= 0.6 is 11.3 Å². The first-order valence-electron chi connectivity index (χ1n) is 6.75. The average Bonchev–Trinajstić information content (AvgIpc) is 3.13. The van der Waals surface area contributed by atoms with E-state index in [4.69, 9.17) is 4.74 Å². The molecule has 2 aromatic heterocycles. The molecule has 0 unspecified atom stereocenters. The van der Waals surface area contributed by atoms with E-state index in [-0.39, 0.29) is 0 Å². The molecule has 2 aromatic rings. The zero-order valence-corrected chi connectivity index (χ0v) is 11.7. The summed E-state index contributed by atoms with van der Waals surface area (Å²) >= 11 is 1.77. The predicted octanol–water partition coefficient (Wildman–Crippen LogP) is 3.02. The molecule has 0 aliphatic heterocycles. The van der Waals surface area contributed by atoms with Crippen LogP contribution in [-0.2, 0) is 13.0 Å². The lowest BCUT2D eigenvalue weighted by Gasteiger charge is -2.07. The standard InChI is InChI=1S/C15H18N2OS/c1-3-13(11-16-12-6-7-12)17-15(5-1)18-9-8-14-4-2-10-19-14/h1-5,10,12,16H,6-9,11H2. The quantitative estimate of drug-likeness (QED) is 0.842. The van der Waals surface area contributed by atoms with E-state index < -0.39 is 0 Å². The van der Waals surface area contributed by atoms with E-state index in [1.165, 1.54) is 17.7 Å². The zero-order valence-electron chi connectivity index (χ0n) is 10.8. The maximum absolute atomic E-state index is 5.71. The lowest BCUT2D eigenvalue weighted by molar-refractivity contribution is 0.309. The Balaban J connectivity index is 1.47. The molecular weight excluding hydrogens is 256 g/mol. The number of pyridine rings is 1. The highest BCUT2D eigenvalue weighted by molar-refractivity contribution is 7.09. The Labute approximate surface area is 117 Å². The van der Waals surface area contributed by atoms with E-state index in [2.05, 4.69) is 27.8 Å². The third kappa shape index (κ3) is 4.04. The van der Waals surface area contributed by atoms with Gasteiger partial charge in [0.2, 0.25) is 5.88 Å². The average molecular weight is 274 g/mol. The molecule has 0 spiro atoms. The van der Waals surface area contributed by atoms with Crippen molar-refractivity contribution in [3.63, 3.8) is 0 Å². The van der Waals surface area contributed by atoms with E-state index in [1.54, 1.807) is 11.3 Å². The van der Waals surface area contributed by atoms with Gasteiger partial charge in [0.1, 0.15) is 0 Å². The topological polar surface area (TPSA) is 34.2 Å². The molecule has 3 rings (SSSR count). The van der Waals surface area contributed by atoms with E-state index in [0.717, 1.165) is 24.5 Å². The summed E-state index contributed by atoms with van der Waals surface area (Å²) in [5, 5.41) is 5.56. The smallest absolute Gasteiger partial charge is 0.213 e. The molecule has 100 valence electrons. The molecular formula is C15H18N2OS. The monoisotopic (exact) mass is 274 g/mol. The summed E-state index contributed by atoms with van der Waals surface area (Å²) in [6.07, 6.45) is 3.55. The maximum atomic E-state index is 5.71. The first-order valence-corrected chi connectivity index (χ1v) is 7.62.